The first-order valence-corrected chi connectivity index (χ1v) is 9.48. The molecule has 2 heterocycles. The Labute approximate surface area is 147 Å². The number of nitrogens with zero attached hydrogens (tertiary/aromatic N) is 2. The fraction of sp³-hybridized carbons (Fsp3) is 0.556. The number of H-pyrrole nitrogens is 1. The van der Waals surface area contributed by atoms with Gasteiger partial charge in [0, 0.05) is 18.3 Å². The molecule has 0 bridgehead atoms. The third-order valence-electron chi connectivity index (χ3n) is 4.04. The summed E-state index contributed by atoms with van der Waals surface area (Å²) < 4.78 is 5.56. The van der Waals surface area contributed by atoms with Crippen LogP contribution in [0.25, 0.3) is 11.0 Å². The number of aromatic amines is 1. The maximum Gasteiger partial charge on any atom is 0.410 e. The van der Waals surface area contributed by atoms with Gasteiger partial charge in [-0.3, -0.25) is 0 Å². The van der Waals surface area contributed by atoms with E-state index in [4.69, 9.17) is 4.74 Å². The van der Waals surface area contributed by atoms with Crippen molar-refractivity contribution in [3.8, 4) is 0 Å². The van der Waals surface area contributed by atoms with Crippen molar-refractivity contribution >= 4 is 28.9 Å². The second-order valence-corrected chi connectivity index (χ2v) is 8.20. The molecule has 0 spiro atoms. The Morgan fingerprint density at radius 3 is 2.92 bits per heavy atom. The molecule has 0 radical (unpaired) electrons. The number of hydrogen-bond acceptors (Lipinski definition) is 4. The molecule has 130 valence electrons. The van der Waals surface area contributed by atoms with Gasteiger partial charge in [-0.2, -0.15) is 0 Å². The number of imidazole rings is 1. The summed E-state index contributed by atoms with van der Waals surface area (Å²) >= 11 is 1.68. The summed E-state index contributed by atoms with van der Waals surface area (Å²) in [5.74, 6) is 0.832. The van der Waals surface area contributed by atoms with Gasteiger partial charge in [-0.1, -0.05) is 23.9 Å². The quantitative estimate of drug-likeness (QED) is 0.834. The van der Waals surface area contributed by atoms with Gasteiger partial charge in [0.1, 0.15) is 5.60 Å². The Balaban J connectivity index is 1.64. The number of piperidine rings is 1. The van der Waals surface area contributed by atoms with E-state index in [1.54, 1.807) is 11.8 Å². The van der Waals surface area contributed by atoms with E-state index in [0.717, 1.165) is 47.7 Å². The number of thioether (sulfide) groups is 1. The lowest BCUT2D eigenvalue weighted by molar-refractivity contribution is 0.0125. The first kappa shape index (κ1) is 17.1. The van der Waals surface area contributed by atoms with Gasteiger partial charge >= 0.3 is 6.09 Å². The minimum absolute atomic E-state index is 0.197. The predicted molar refractivity (Wildman–Crippen MR) is 97.4 cm³/mol. The number of amides is 1. The molecule has 0 unspecified atom stereocenters. The van der Waals surface area contributed by atoms with E-state index >= 15 is 0 Å². The van der Waals surface area contributed by atoms with Crippen molar-refractivity contribution in [1.82, 2.24) is 14.9 Å². The number of rotatable bonds is 3. The fourth-order valence-corrected chi connectivity index (χ4v) is 3.95. The average Bonchev–Trinajstić information content (AvgIpc) is 2.94. The van der Waals surface area contributed by atoms with Crippen LogP contribution in [-0.2, 0) is 4.74 Å². The van der Waals surface area contributed by atoms with Gasteiger partial charge in [0.2, 0.25) is 0 Å². The molecule has 1 aromatic carbocycles. The summed E-state index contributed by atoms with van der Waals surface area (Å²) in [5, 5.41) is 0.908. The lowest BCUT2D eigenvalue weighted by Crippen LogP contribution is -2.47. The SMILES string of the molecule is CC(C)(C)OC(=O)N1CCCC[C@H]1CSc1nc2ccccc2[nH]1. The topological polar surface area (TPSA) is 58.2 Å². The number of aromatic nitrogens is 2. The number of nitrogens with one attached hydrogen (secondary N) is 1. The smallest absolute Gasteiger partial charge is 0.410 e. The number of fused-ring (bicyclic) bond motifs is 1. The molecule has 1 aromatic heterocycles. The summed E-state index contributed by atoms with van der Waals surface area (Å²) in [5.41, 5.74) is 1.57. The molecule has 24 heavy (non-hydrogen) atoms. The summed E-state index contributed by atoms with van der Waals surface area (Å²) in [6, 6.07) is 8.22. The van der Waals surface area contributed by atoms with Crippen LogP contribution in [0.15, 0.2) is 29.4 Å². The predicted octanol–water partition coefficient (Wildman–Crippen LogP) is 4.44. The lowest BCUT2D eigenvalue weighted by Gasteiger charge is -2.36. The maximum absolute atomic E-state index is 12.4. The number of carbonyl (C=O) groups is 1. The number of carbonyl (C=O) groups excluding carboxylic acids is 1. The Bertz CT molecular complexity index is 675. The molecule has 1 fully saturated rings. The molecule has 5 nitrogen and oxygen atoms in total. The molecule has 1 saturated heterocycles. The van der Waals surface area contributed by atoms with E-state index < -0.39 is 5.60 Å². The normalized spacial score (nSPS) is 18.8. The summed E-state index contributed by atoms with van der Waals surface area (Å²) in [6.07, 6.45) is 3.03. The monoisotopic (exact) mass is 347 g/mol. The van der Waals surface area contributed by atoms with Crippen LogP contribution < -0.4 is 0 Å². The first-order chi connectivity index (χ1) is 11.4. The maximum atomic E-state index is 12.4. The molecule has 1 atom stereocenters. The molecule has 0 saturated carbocycles. The molecule has 3 rings (SSSR count). The zero-order chi connectivity index (χ0) is 17.2. The molecule has 1 aliphatic heterocycles. The van der Waals surface area contributed by atoms with Crippen LogP contribution in [0.1, 0.15) is 40.0 Å². The first-order valence-electron chi connectivity index (χ1n) is 8.49. The van der Waals surface area contributed by atoms with E-state index in [9.17, 15) is 4.79 Å². The van der Waals surface area contributed by atoms with Gasteiger partial charge in [-0.25, -0.2) is 9.78 Å². The van der Waals surface area contributed by atoms with Crippen molar-refractivity contribution in [2.45, 2.75) is 56.8 Å². The minimum atomic E-state index is -0.453. The van der Waals surface area contributed by atoms with Crippen molar-refractivity contribution < 1.29 is 9.53 Å². The van der Waals surface area contributed by atoms with E-state index in [-0.39, 0.29) is 12.1 Å². The molecule has 0 aliphatic carbocycles. The molecule has 2 aromatic rings. The number of para-hydroxylation sites is 2. The van der Waals surface area contributed by atoms with Crippen molar-refractivity contribution in [2.24, 2.45) is 0 Å². The zero-order valence-corrected chi connectivity index (χ0v) is 15.4. The van der Waals surface area contributed by atoms with Crippen LogP contribution in [0.4, 0.5) is 4.79 Å². The van der Waals surface area contributed by atoms with Crippen molar-refractivity contribution in [3.05, 3.63) is 24.3 Å². The number of likely N-dealkylation sites (tertiary alicyclic amines) is 1. The summed E-state index contributed by atoms with van der Waals surface area (Å²) in [6.45, 7) is 6.51. The third kappa shape index (κ3) is 4.23. The van der Waals surface area contributed by atoms with E-state index in [1.165, 1.54) is 0 Å². The Morgan fingerprint density at radius 1 is 1.38 bits per heavy atom. The van der Waals surface area contributed by atoms with Crippen LogP contribution in [0.3, 0.4) is 0 Å². The highest BCUT2D eigenvalue weighted by Crippen LogP contribution is 2.26. The highest BCUT2D eigenvalue weighted by molar-refractivity contribution is 7.99. The van der Waals surface area contributed by atoms with Crippen LogP contribution in [0.2, 0.25) is 0 Å². The lowest BCUT2D eigenvalue weighted by atomic mass is 10.0. The largest absolute Gasteiger partial charge is 0.444 e. The molecule has 6 heteroatoms. The second-order valence-electron chi connectivity index (χ2n) is 7.19. The van der Waals surface area contributed by atoms with Gasteiger partial charge in [0.25, 0.3) is 0 Å². The number of hydrogen-bond donors (Lipinski definition) is 1. The average molecular weight is 347 g/mol. The summed E-state index contributed by atoms with van der Waals surface area (Å²) in [4.78, 5) is 22.3. The van der Waals surface area contributed by atoms with Crippen LogP contribution in [-0.4, -0.2) is 44.9 Å². The summed E-state index contributed by atoms with van der Waals surface area (Å²) in [7, 11) is 0. The van der Waals surface area contributed by atoms with Crippen LogP contribution in [0, 0.1) is 0 Å². The van der Waals surface area contributed by atoms with Gasteiger partial charge in [0.05, 0.1) is 11.0 Å². The molecule has 1 aliphatic rings. The van der Waals surface area contributed by atoms with E-state index in [2.05, 4.69) is 9.97 Å². The van der Waals surface area contributed by atoms with Crippen LogP contribution in [0.5, 0.6) is 0 Å². The van der Waals surface area contributed by atoms with Gasteiger partial charge < -0.3 is 14.6 Å². The highest BCUT2D eigenvalue weighted by atomic mass is 32.2. The highest BCUT2D eigenvalue weighted by Gasteiger charge is 2.30. The Kier molecular flexibility index (Phi) is 5.04. The van der Waals surface area contributed by atoms with Gasteiger partial charge in [0.15, 0.2) is 5.16 Å². The minimum Gasteiger partial charge on any atom is -0.444 e. The fourth-order valence-electron chi connectivity index (χ4n) is 2.91. The molecular formula is C18H25N3O2S. The van der Waals surface area contributed by atoms with Gasteiger partial charge in [-0.05, 0) is 52.2 Å². The van der Waals surface area contributed by atoms with Crippen molar-refractivity contribution in [2.75, 3.05) is 12.3 Å². The van der Waals surface area contributed by atoms with E-state index in [0.29, 0.717) is 0 Å². The Morgan fingerprint density at radius 2 is 2.17 bits per heavy atom. The van der Waals surface area contributed by atoms with E-state index in [1.807, 2.05) is 49.9 Å². The Hall–Kier alpha value is -1.69. The van der Waals surface area contributed by atoms with Gasteiger partial charge in [-0.15, -0.1) is 0 Å². The van der Waals surface area contributed by atoms with Crippen molar-refractivity contribution in [1.29, 1.82) is 0 Å². The number of ether oxygens (including phenoxy) is 1. The number of benzene rings is 1. The zero-order valence-electron chi connectivity index (χ0n) is 14.5. The molecule has 1 N–H and O–H groups in total. The third-order valence-corrected chi connectivity index (χ3v) is 5.05. The molecular weight excluding hydrogens is 322 g/mol. The van der Waals surface area contributed by atoms with Crippen molar-refractivity contribution in [3.63, 3.8) is 0 Å². The van der Waals surface area contributed by atoms with Crippen LogP contribution >= 0.6 is 11.8 Å². The second kappa shape index (κ2) is 7.05. The standard InChI is InChI=1S/C18H25N3O2S/c1-18(2,3)23-17(22)21-11-7-6-8-13(21)12-24-16-19-14-9-4-5-10-15(14)20-16/h4-5,9-10,13H,6-8,11-12H2,1-3H3,(H,19,20)/t13-/m0/s1. The molecule has 1 amide bonds.